The molecule has 0 atom stereocenters. The first-order valence-electron chi connectivity index (χ1n) is 8.98. The highest BCUT2D eigenvalue weighted by molar-refractivity contribution is 5.78. The van der Waals surface area contributed by atoms with Gasteiger partial charge < -0.3 is 24.5 Å². The zero-order valence-electron chi connectivity index (χ0n) is 15.2. The number of methoxy groups -OCH3 is 1. The first-order valence-corrected chi connectivity index (χ1v) is 8.98. The van der Waals surface area contributed by atoms with Crippen molar-refractivity contribution in [3.63, 3.8) is 0 Å². The number of carbonyl (C=O) groups excluding carboxylic acids is 1. The average molecular weight is 366 g/mol. The van der Waals surface area contributed by atoms with Crippen LogP contribution >= 0.6 is 0 Å². The second-order valence-corrected chi connectivity index (χ2v) is 6.56. The van der Waals surface area contributed by atoms with Gasteiger partial charge in [-0.05, 0) is 43.2 Å². The summed E-state index contributed by atoms with van der Waals surface area (Å²) in [6.45, 7) is 1.66. The van der Waals surface area contributed by atoms with E-state index in [1.54, 1.807) is 7.11 Å². The molecule has 0 saturated carbocycles. The molecule has 7 nitrogen and oxygen atoms in total. The molecule has 1 aliphatic rings. The summed E-state index contributed by atoms with van der Waals surface area (Å²) in [6, 6.07) is 9.26. The van der Waals surface area contributed by atoms with Crippen LogP contribution in [0.4, 0.5) is 5.69 Å². The monoisotopic (exact) mass is 366 g/mol. The maximum atomic E-state index is 12.2. The fraction of sp³-hybridized carbons (Fsp3) is 0.300. The van der Waals surface area contributed by atoms with Crippen LogP contribution < -0.4 is 15.2 Å². The number of anilines is 1. The molecule has 7 heteroatoms. The van der Waals surface area contributed by atoms with Gasteiger partial charge in [0.05, 0.1) is 18.5 Å². The van der Waals surface area contributed by atoms with E-state index in [2.05, 4.69) is 4.98 Å². The van der Waals surface area contributed by atoms with E-state index in [0.29, 0.717) is 22.8 Å². The number of hydrogen-bond acceptors (Lipinski definition) is 5. The predicted octanol–water partition coefficient (Wildman–Crippen LogP) is 2.59. The topological polar surface area (TPSA) is 82.1 Å². The molecule has 2 N–H and O–H groups in total. The number of fused-ring (bicyclic) bond motifs is 1. The minimum absolute atomic E-state index is 0.0178. The molecule has 2 aromatic heterocycles. The van der Waals surface area contributed by atoms with E-state index in [1.165, 1.54) is 0 Å². The van der Waals surface area contributed by atoms with Crippen LogP contribution in [0.15, 0.2) is 42.7 Å². The van der Waals surface area contributed by atoms with Crippen LogP contribution in [0.3, 0.4) is 0 Å². The SMILES string of the molecule is COc1ccc(-c2cn3cccc(OCC(=O)N4CCCC4)c3n2)cc1N. The maximum absolute atomic E-state index is 12.2. The lowest BCUT2D eigenvalue weighted by Gasteiger charge is -2.15. The smallest absolute Gasteiger partial charge is 0.260 e. The Kier molecular flexibility index (Phi) is 4.58. The molecular weight excluding hydrogens is 344 g/mol. The van der Waals surface area contributed by atoms with Crippen LogP contribution in [-0.4, -0.2) is 47.0 Å². The summed E-state index contributed by atoms with van der Waals surface area (Å²) in [5.41, 5.74) is 8.88. The second-order valence-electron chi connectivity index (χ2n) is 6.56. The van der Waals surface area contributed by atoms with Gasteiger partial charge >= 0.3 is 0 Å². The molecule has 1 fully saturated rings. The Morgan fingerprint density at radius 3 is 2.78 bits per heavy atom. The number of nitrogens with two attached hydrogens (primary N) is 1. The summed E-state index contributed by atoms with van der Waals surface area (Å²) in [4.78, 5) is 18.7. The third-order valence-electron chi connectivity index (χ3n) is 4.78. The number of ether oxygens (including phenoxy) is 2. The van der Waals surface area contributed by atoms with Gasteiger partial charge in [-0.2, -0.15) is 0 Å². The summed E-state index contributed by atoms with van der Waals surface area (Å²) in [5.74, 6) is 1.23. The lowest BCUT2D eigenvalue weighted by Crippen LogP contribution is -2.32. The minimum Gasteiger partial charge on any atom is -0.495 e. The maximum Gasteiger partial charge on any atom is 0.260 e. The molecule has 1 aromatic carbocycles. The largest absolute Gasteiger partial charge is 0.495 e. The van der Waals surface area contributed by atoms with Crippen molar-refractivity contribution in [2.75, 3.05) is 32.5 Å². The van der Waals surface area contributed by atoms with Crippen molar-refractivity contribution in [3.8, 4) is 22.8 Å². The van der Waals surface area contributed by atoms with E-state index in [1.807, 2.05) is 52.0 Å². The van der Waals surface area contributed by atoms with Crippen LogP contribution in [0.2, 0.25) is 0 Å². The highest BCUT2D eigenvalue weighted by atomic mass is 16.5. The van der Waals surface area contributed by atoms with Crippen molar-refractivity contribution in [2.24, 2.45) is 0 Å². The third-order valence-corrected chi connectivity index (χ3v) is 4.78. The third kappa shape index (κ3) is 3.40. The molecule has 1 aliphatic heterocycles. The average Bonchev–Trinajstić information content (AvgIpc) is 3.35. The number of likely N-dealkylation sites (tertiary alicyclic amines) is 1. The highest BCUT2D eigenvalue weighted by Gasteiger charge is 2.19. The molecule has 0 unspecified atom stereocenters. The van der Waals surface area contributed by atoms with Gasteiger partial charge in [0.25, 0.3) is 5.91 Å². The van der Waals surface area contributed by atoms with Gasteiger partial charge in [0.2, 0.25) is 0 Å². The number of pyridine rings is 1. The first kappa shape index (κ1) is 17.2. The van der Waals surface area contributed by atoms with Gasteiger partial charge in [-0.25, -0.2) is 4.98 Å². The summed E-state index contributed by atoms with van der Waals surface area (Å²) >= 11 is 0. The van der Waals surface area contributed by atoms with Crippen molar-refractivity contribution < 1.29 is 14.3 Å². The summed E-state index contributed by atoms with van der Waals surface area (Å²) in [6.07, 6.45) is 5.94. The lowest BCUT2D eigenvalue weighted by molar-refractivity contribution is -0.132. The van der Waals surface area contributed by atoms with Crippen molar-refractivity contribution in [1.29, 1.82) is 0 Å². The fourth-order valence-corrected chi connectivity index (χ4v) is 3.33. The van der Waals surface area contributed by atoms with E-state index in [9.17, 15) is 4.79 Å². The number of nitrogens with zero attached hydrogens (tertiary/aromatic N) is 3. The molecule has 0 spiro atoms. The van der Waals surface area contributed by atoms with Gasteiger partial charge in [-0.15, -0.1) is 0 Å². The number of nitrogen functional groups attached to an aromatic ring is 1. The molecule has 0 radical (unpaired) electrons. The molecule has 3 aromatic rings. The quantitative estimate of drug-likeness (QED) is 0.702. The molecule has 27 heavy (non-hydrogen) atoms. The minimum atomic E-state index is 0.0178. The standard InChI is InChI=1S/C20H22N4O3/c1-26-17-7-6-14(11-15(17)21)16-12-24-10-4-5-18(20(24)22-16)27-13-19(25)23-8-2-3-9-23/h4-7,10-12H,2-3,8-9,13,21H2,1H3. The van der Waals surface area contributed by atoms with E-state index in [-0.39, 0.29) is 12.5 Å². The number of carbonyl (C=O) groups is 1. The number of amides is 1. The second kappa shape index (κ2) is 7.19. The Hall–Kier alpha value is -3.22. The van der Waals surface area contributed by atoms with Crippen molar-refractivity contribution in [2.45, 2.75) is 12.8 Å². The van der Waals surface area contributed by atoms with E-state index < -0.39 is 0 Å². The molecule has 0 aliphatic carbocycles. The molecule has 140 valence electrons. The van der Waals surface area contributed by atoms with Gasteiger partial charge in [-0.1, -0.05) is 0 Å². The Balaban J connectivity index is 1.58. The number of aromatic nitrogens is 2. The van der Waals surface area contributed by atoms with Crippen LogP contribution in [0.25, 0.3) is 16.9 Å². The number of imidazole rings is 1. The summed E-state index contributed by atoms with van der Waals surface area (Å²) in [7, 11) is 1.59. The predicted molar refractivity (Wildman–Crippen MR) is 103 cm³/mol. The zero-order chi connectivity index (χ0) is 18.8. The first-order chi connectivity index (χ1) is 13.2. The van der Waals surface area contributed by atoms with Crippen molar-refractivity contribution in [3.05, 3.63) is 42.7 Å². The summed E-state index contributed by atoms with van der Waals surface area (Å²) in [5, 5.41) is 0. The zero-order valence-corrected chi connectivity index (χ0v) is 15.2. The Morgan fingerprint density at radius 1 is 1.22 bits per heavy atom. The molecule has 3 heterocycles. The van der Waals surface area contributed by atoms with Gasteiger partial charge in [0, 0.05) is 31.0 Å². The van der Waals surface area contributed by atoms with Crippen LogP contribution in [-0.2, 0) is 4.79 Å². The number of rotatable bonds is 5. The van der Waals surface area contributed by atoms with E-state index in [4.69, 9.17) is 15.2 Å². The van der Waals surface area contributed by atoms with Crippen LogP contribution in [0.1, 0.15) is 12.8 Å². The van der Waals surface area contributed by atoms with E-state index in [0.717, 1.165) is 37.2 Å². The molecule has 1 saturated heterocycles. The van der Waals surface area contributed by atoms with Crippen LogP contribution in [0, 0.1) is 0 Å². The van der Waals surface area contributed by atoms with Crippen molar-refractivity contribution >= 4 is 17.2 Å². The molecule has 0 bridgehead atoms. The fourth-order valence-electron chi connectivity index (χ4n) is 3.33. The van der Waals surface area contributed by atoms with Gasteiger partial charge in [0.1, 0.15) is 5.75 Å². The Labute approximate surface area is 157 Å². The molecular formula is C20H22N4O3. The normalized spacial score (nSPS) is 13.9. The van der Waals surface area contributed by atoms with Gasteiger partial charge in [0.15, 0.2) is 18.0 Å². The molecule has 1 amide bonds. The Morgan fingerprint density at radius 2 is 2.04 bits per heavy atom. The Bertz CT molecular complexity index is 977. The van der Waals surface area contributed by atoms with Gasteiger partial charge in [-0.3, -0.25) is 4.79 Å². The van der Waals surface area contributed by atoms with Crippen molar-refractivity contribution in [1.82, 2.24) is 14.3 Å². The molecule has 4 rings (SSSR count). The number of hydrogen-bond donors (Lipinski definition) is 1. The van der Waals surface area contributed by atoms with Crippen LogP contribution in [0.5, 0.6) is 11.5 Å². The number of benzene rings is 1. The highest BCUT2D eigenvalue weighted by Crippen LogP contribution is 2.29. The summed E-state index contributed by atoms with van der Waals surface area (Å²) < 4.78 is 12.9. The lowest BCUT2D eigenvalue weighted by atomic mass is 10.1. The van der Waals surface area contributed by atoms with E-state index >= 15 is 0 Å².